The van der Waals surface area contributed by atoms with E-state index in [1.165, 1.54) is 5.01 Å². The summed E-state index contributed by atoms with van der Waals surface area (Å²) in [7, 11) is 3.38. The van der Waals surface area contributed by atoms with E-state index < -0.39 is 5.91 Å². The highest BCUT2D eigenvalue weighted by molar-refractivity contribution is 5.77. The van der Waals surface area contributed by atoms with Crippen LogP contribution in [0.3, 0.4) is 0 Å². The average molecular weight is 203 g/mol. The van der Waals surface area contributed by atoms with Crippen LogP contribution >= 0.6 is 0 Å². The molecule has 0 aromatic heterocycles. The number of amides is 2. The smallest absolute Gasteiger partial charge is 0.239 e. The van der Waals surface area contributed by atoms with Crippen molar-refractivity contribution in [1.82, 2.24) is 10.0 Å². The van der Waals surface area contributed by atoms with Crippen LogP contribution in [0.2, 0.25) is 0 Å². The van der Waals surface area contributed by atoms with Crippen LogP contribution in [-0.2, 0) is 9.59 Å². The predicted molar refractivity (Wildman–Crippen MR) is 50.9 cm³/mol. The van der Waals surface area contributed by atoms with E-state index in [1.807, 2.05) is 0 Å². The summed E-state index contributed by atoms with van der Waals surface area (Å²) in [5.41, 5.74) is 4.97. The Balaban J connectivity index is 4.14. The summed E-state index contributed by atoms with van der Waals surface area (Å²) in [6.45, 7) is 0.0565. The molecule has 0 aromatic carbocycles. The van der Waals surface area contributed by atoms with Crippen LogP contribution in [0.1, 0.15) is 12.8 Å². The SMILES string of the molecule is CN(C)N(CCC(N)=O)C(=O)CCO. The summed E-state index contributed by atoms with van der Waals surface area (Å²) < 4.78 is 0. The fraction of sp³-hybridized carbons (Fsp3) is 0.750. The minimum absolute atomic E-state index is 0.0525. The molecule has 0 saturated carbocycles. The zero-order valence-electron chi connectivity index (χ0n) is 8.56. The van der Waals surface area contributed by atoms with Crippen molar-refractivity contribution in [3.05, 3.63) is 0 Å². The van der Waals surface area contributed by atoms with Gasteiger partial charge in [0.05, 0.1) is 13.0 Å². The first-order chi connectivity index (χ1) is 6.49. The summed E-state index contributed by atoms with van der Waals surface area (Å²) in [5, 5.41) is 11.5. The molecule has 0 aliphatic heterocycles. The normalized spacial score (nSPS) is 10.3. The van der Waals surface area contributed by atoms with Gasteiger partial charge >= 0.3 is 0 Å². The van der Waals surface area contributed by atoms with Crippen molar-refractivity contribution in [1.29, 1.82) is 0 Å². The Kier molecular flexibility index (Phi) is 5.82. The molecule has 0 unspecified atom stereocenters. The Morgan fingerprint density at radius 1 is 1.29 bits per heavy atom. The molecular weight excluding hydrogens is 186 g/mol. The molecule has 2 amide bonds. The van der Waals surface area contributed by atoms with E-state index in [0.29, 0.717) is 0 Å². The fourth-order valence-electron chi connectivity index (χ4n) is 0.989. The average Bonchev–Trinajstić information content (AvgIpc) is 2.03. The second-order valence-corrected chi connectivity index (χ2v) is 3.05. The second-order valence-electron chi connectivity index (χ2n) is 3.05. The van der Waals surface area contributed by atoms with E-state index in [1.54, 1.807) is 19.1 Å². The predicted octanol–water partition coefficient (Wildman–Crippen LogP) is -1.45. The molecule has 3 N–H and O–H groups in total. The fourth-order valence-corrected chi connectivity index (χ4v) is 0.989. The van der Waals surface area contributed by atoms with Crippen molar-refractivity contribution >= 4 is 11.8 Å². The van der Waals surface area contributed by atoms with Crippen LogP contribution in [0.4, 0.5) is 0 Å². The van der Waals surface area contributed by atoms with E-state index in [9.17, 15) is 9.59 Å². The molecular formula is C8H17N3O3. The lowest BCUT2D eigenvalue weighted by molar-refractivity contribution is -0.145. The van der Waals surface area contributed by atoms with Gasteiger partial charge in [0.2, 0.25) is 11.8 Å². The number of carbonyl (C=O) groups excluding carboxylic acids is 2. The quantitative estimate of drug-likeness (QED) is 0.517. The van der Waals surface area contributed by atoms with Gasteiger partial charge in [-0.15, -0.1) is 0 Å². The monoisotopic (exact) mass is 203 g/mol. The molecule has 0 saturated heterocycles. The molecule has 0 heterocycles. The van der Waals surface area contributed by atoms with Gasteiger partial charge in [-0.3, -0.25) is 14.6 Å². The Morgan fingerprint density at radius 3 is 2.21 bits per heavy atom. The van der Waals surface area contributed by atoms with Gasteiger partial charge in [0.1, 0.15) is 0 Å². The van der Waals surface area contributed by atoms with Gasteiger partial charge in [-0.2, -0.15) is 0 Å². The van der Waals surface area contributed by atoms with E-state index in [2.05, 4.69) is 0 Å². The topological polar surface area (TPSA) is 86.9 Å². The third-order valence-electron chi connectivity index (χ3n) is 1.67. The highest BCUT2D eigenvalue weighted by Gasteiger charge is 2.15. The molecule has 0 atom stereocenters. The highest BCUT2D eigenvalue weighted by Crippen LogP contribution is 1.98. The maximum absolute atomic E-state index is 11.4. The van der Waals surface area contributed by atoms with Crippen LogP contribution in [0.25, 0.3) is 0 Å². The van der Waals surface area contributed by atoms with Crippen LogP contribution < -0.4 is 5.73 Å². The van der Waals surface area contributed by atoms with Crippen LogP contribution in [0.5, 0.6) is 0 Å². The Morgan fingerprint density at radius 2 is 1.86 bits per heavy atom. The number of aliphatic hydroxyl groups excluding tert-OH is 1. The molecule has 6 heteroatoms. The number of aliphatic hydroxyl groups is 1. The number of hydrazine groups is 1. The van der Waals surface area contributed by atoms with Gasteiger partial charge in [0.25, 0.3) is 0 Å². The van der Waals surface area contributed by atoms with Crippen LogP contribution in [0, 0.1) is 0 Å². The molecule has 0 aromatic rings. The first-order valence-electron chi connectivity index (χ1n) is 4.35. The molecule has 0 aliphatic carbocycles. The van der Waals surface area contributed by atoms with E-state index in [0.717, 1.165) is 0 Å². The van der Waals surface area contributed by atoms with Crippen molar-refractivity contribution in [3.8, 4) is 0 Å². The van der Waals surface area contributed by atoms with Gasteiger partial charge in [0, 0.05) is 27.1 Å². The summed E-state index contributed by atoms with van der Waals surface area (Å²) in [5.74, 6) is -0.674. The summed E-state index contributed by atoms with van der Waals surface area (Å²) in [6.07, 6.45) is 0.173. The minimum atomic E-state index is -0.450. The maximum atomic E-state index is 11.4. The molecule has 0 rings (SSSR count). The summed E-state index contributed by atoms with van der Waals surface area (Å²) >= 11 is 0. The van der Waals surface area contributed by atoms with Crippen LogP contribution in [-0.4, -0.2) is 54.2 Å². The Hall–Kier alpha value is -1.14. The lowest BCUT2D eigenvalue weighted by Crippen LogP contribution is -2.43. The number of rotatable bonds is 6. The van der Waals surface area contributed by atoms with Gasteiger partial charge in [-0.25, -0.2) is 5.01 Å². The molecule has 0 bridgehead atoms. The number of hydrogen-bond donors (Lipinski definition) is 2. The zero-order valence-corrected chi connectivity index (χ0v) is 8.56. The van der Waals surface area contributed by atoms with Crippen LogP contribution in [0.15, 0.2) is 0 Å². The number of primary amides is 1. The third kappa shape index (κ3) is 4.78. The molecule has 82 valence electrons. The number of nitrogens with two attached hydrogens (primary N) is 1. The molecule has 6 nitrogen and oxygen atoms in total. The van der Waals surface area contributed by atoms with Gasteiger partial charge < -0.3 is 10.8 Å². The van der Waals surface area contributed by atoms with Gasteiger partial charge in [0.15, 0.2) is 0 Å². The number of hydrogen-bond acceptors (Lipinski definition) is 4. The summed E-state index contributed by atoms with van der Waals surface area (Å²) in [6, 6.07) is 0. The highest BCUT2D eigenvalue weighted by atomic mass is 16.3. The molecule has 0 spiro atoms. The van der Waals surface area contributed by atoms with E-state index in [-0.39, 0.29) is 31.9 Å². The third-order valence-corrected chi connectivity index (χ3v) is 1.67. The van der Waals surface area contributed by atoms with Crippen molar-refractivity contribution in [3.63, 3.8) is 0 Å². The van der Waals surface area contributed by atoms with Gasteiger partial charge in [-0.1, -0.05) is 0 Å². The van der Waals surface area contributed by atoms with Gasteiger partial charge in [-0.05, 0) is 0 Å². The lowest BCUT2D eigenvalue weighted by atomic mass is 10.3. The summed E-state index contributed by atoms with van der Waals surface area (Å²) in [4.78, 5) is 21.9. The Labute approximate surface area is 83.2 Å². The molecule has 0 aliphatic rings. The maximum Gasteiger partial charge on any atom is 0.239 e. The minimum Gasteiger partial charge on any atom is -0.396 e. The number of carbonyl (C=O) groups is 2. The van der Waals surface area contributed by atoms with E-state index in [4.69, 9.17) is 10.8 Å². The zero-order chi connectivity index (χ0) is 11.1. The van der Waals surface area contributed by atoms with E-state index >= 15 is 0 Å². The first-order valence-corrected chi connectivity index (χ1v) is 4.35. The van der Waals surface area contributed by atoms with Crippen molar-refractivity contribution in [2.75, 3.05) is 27.2 Å². The van der Waals surface area contributed by atoms with Crippen molar-refractivity contribution in [2.24, 2.45) is 5.73 Å². The molecule has 0 fully saturated rings. The van der Waals surface area contributed by atoms with Crippen molar-refractivity contribution < 1.29 is 14.7 Å². The molecule has 14 heavy (non-hydrogen) atoms. The number of nitrogens with zero attached hydrogens (tertiary/aromatic N) is 2. The van der Waals surface area contributed by atoms with Crippen molar-refractivity contribution in [2.45, 2.75) is 12.8 Å². The largest absolute Gasteiger partial charge is 0.396 e. The second kappa shape index (κ2) is 6.33. The first kappa shape index (κ1) is 12.9. The standard InChI is InChI=1S/C8H17N3O3/c1-10(2)11(5-3-7(9)13)8(14)4-6-12/h12H,3-6H2,1-2H3,(H2,9,13). The molecule has 0 radical (unpaired) electrons. The lowest BCUT2D eigenvalue weighted by Gasteiger charge is -2.28. The Bertz CT molecular complexity index is 206.